The quantitative estimate of drug-likeness (QED) is 0.147. The Hall–Kier alpha value is -10.5. The van der Waals surface area contributed by atoms with Crippen molar-refractivity contribution in [3.8, 4) is 77.9 Å². The number of anilines is 6. The molecule has 13 aromatic rings. The number of rotatable bonds is 7. The van der Waals surface area contributed by atoms with Crippen LogP contribution in [0.3, 0.4) is 0 Å². The van der Waals surface area contributed by atoms with E-state index in [9.17, 15) is 0 Å². The molecule has 0 saturated heterocycles. The smallest absolute Gasteiger partial charge is 0.252 e. The third-order valence-electron chi connectivity index (χ3n) is 20.0. The van der Waals surface area contributed by atoms with E-state index < -0.39 is 5.41 Å². The predicted octanol–water partition coefficient (Wildman–Crippen LogP) is 21.0. The number of hydrogen-bond donors (Lipinski definition) is 0. The lowest BCUT2D eigenvalue weighted by Gasteiger charge is -2.46. The molecular formula is C87H67BN2. The van der Waals surface area contributed by atoms with E-state index in [1.165, 1.54) is 139 Å². The van der Waals surface area contributed by atoms with E-state index in [0.29, 0.717) is 0 Å². The van der Waals surface area contributed by atoms with Crippen molar-refractivity contribution >= 4 is 57.2 Å². The van der Waals surface area contributed by atoms with E-state index in [4.69, 9.17) is 0 Å². The molecule has 0 atom stereocenters. The minimum Gasteiger partial charge on any atom is -0.310 e. The zero-order valence-electron chi connectivity index (χ0n) is 51.8. The summed E-state index contributed by atoms with van der Waals surface area (Å²) in [5.41, 5.74) is 34.9. The normalized spacial score (nSPS) is 13.7. The van der Waals surface area contributed by atoms with Gasteiger partial charge in [0.1, 0.15) is 0 Å². The van der Waals surface area contributed by atoms with Gasteiger partial charge in [0.05, 0.1) is 16.8 Å². The summed E-state index contributed by atoms with van der Waals surface area (Å²) in [5.74, 6) is 0. The SMILES string of the molecule is CC(C)(C)c1ccc2c(c1)B1c3ccc(-c4cccc5c4C4(c6ccccc6-c6ccccc64)c4ccccc4-5)cc3N(c3c(-c4ccccc4)cccc3-c3ccccc3)c3cc(C(C)(C)C)cc(c31)N2c1c(-c2ccccc2)cccc1-c1ccccc1. The Morgan fingerprint density at radius 1 is 0.267 bits per heavy atom. The maximum atomic E-state index is 2.72. The van der Waals surface area contributed by atoms with Crippen molar-refractivity contribution in [1.29, 1.82) is 0 Å². The van der Waals surface area contributed by atoms with Crippen LogP contribution in [-0.4, -0.2) is 6.71 Å². The maximum absolute atomic E-state index is 2.72. The first-order valence-electron chi connectivity index (χ1n) is 31.9. The second-order valence-electron chi connectivity index (χ2n) is 27.1. The van der Waals surface area contributed by atoms with E-state index in [1.54, 1.807) is 0 Å². The van der Waals surface area contributed by atoms with Crippen molar-refractivity contribution < 1.29 is 0 Å². The fourth-order valence-electron chi connectivity index (χ4n) is 15.9. The van der Waals surface area contributed by atoms with Crippen LogP contribution in [-0.2, 0) is 16.2 Å². The second-order valence-corrected chi connectivity index (χ2v) is 27.1. The lowest BCUT2D eigenvalue weighted by Crippen LogP contribution is -2.61. The Morgan fingerprint density at radius 2 is 0.644 bits per heavy atom. The van der Waals surface area contributed by atoms with E-state index in [-0.39, 0.29) is 17.5 Å². The fraction of sp³-hybridized carbons (Fsp3) is 0.103. The molecule has 0 unspecified atom stereocenters. The highest BCUT2D eigenvalue weighted by Gasteiger charge is 2.53. The molecule has 2 aliphatic heterocycles. The topological polar surface area (TPSA) is 6.48 Å². The standard InChI is InChI=1S/C87H67BN2/c1-85(2,3)61-49-51-77-76(53-61)88-75-50-48-60(63-39-25-44-71-70-38-21-24-47-74(70)87(81(63)71)72-45-22-19-36-68(72)69-37-20-23-46-73(69)87)52-78(75)90(84-66(58-32-15-9-16-33-58)42-27-43-67(84)59-34-17-10-18-35-59)80-55-62(86(4,5)6)54-79(82(80)88)89(77)83-64(56-28-11-7-12-29-56)40-26-41-65(83)57-30-13-8-14-31-57/h7-55H,1-6H3. The molecule has 0 amide bonds. The van der Waals surface area contributed by atoms with E-state index in [1.807, 2.05) is 0 Å². The summed E-state index contributed by atoms with van der Waals surface area (Å²) in [6, 6.07) is 113. The van der Waals surface area contributed by atoms with Crippen molar-refractivity contribution in [2.45, 2.75) is 57.8 Å². The Labute approximate surface area is 530 Å². The molecule has 0 radical (unpaired) electrons. The minimum atomic E-state index is -0.543. The lowest BCUT2D eigenvalue weighted by molar-refractivity contribution is 0.590. The third kappa shape index (κ3) is 7.98. The van der Waals surface area contributed by atoms with Gasteiger partial charge in [-0.25, -0.2) is 0 Å². The molecule has 3 heteroatoms. The average Bonchev–Trinajstić information content (AvgIpc) is 1.33. The molecule has 0 bridgehead atoms. The third-order valence-corrected chi connectivity index (χ3v) is 20.0. The summed E-state index contributed by atoms with van der Waals surface area (Å²) >= 11 is 0. The first-order chi connectivity index (χ1) is 44.0. The zero-order valence-corrected chi connectivity index (χ0v) is 51.8. The van der Waals surface area contributed by atoms with E-state index in [2.05, 4.69) is 349 Å². The van der Waals surface area contributed by atoms with Gasteiger partial charge in [-0.1, -0.05) is 315 Å². The summed E-state index contributed by atoms with van der Waals surface area (Å²) in [7, 11) is 0. The second kappa shape index (κ2) is 20.3. The van der Waals surface area contributed by atoms with Crippen LogP contribution in [0.2, 0.25) is 0 Å². The van der Waals surface area contributed by atoms with Crippen LogP contribution in [0.4, 0.5) is 34.1 Å². The van der Waals surface area contributed by atoms with Crippen LogP contribution in [0.5, 0.6) is 0 Å². The van der Waals surface area contributed by atoms with Gasteiger partial charge >= 0.3 is 0 Å². The molecule has 2 heterocycles. The molecule has 0 N–H and O–H groups in total. The molecule has 2 aliphatic carbocycles. The van der Waals surface area contributed by atoms with Gasteiger partial charge in [-0.2, -0.15) is 0 Å². The molecule has 0 fully saturated rings. The number of nitrogens with zero attached hydrogens (tertiary/aromatic N) is 2. The Bertz CT molecular complexity index is 4850. The van der Waals surface area contributed by atoms with Crippen molar-refractivity contribution in [3.63, 3.8) is 0 Å². The maximum Gasteiger partial charge on any atom is 0.252 e. The molecule has 0 saturated carbocycles. The molecule has 13 aromatic carbocycles. The highest BCUT2D eigenvalue weighted by molar-refractivity contribution is 7.00. The summed E-state index contributed by atoms with van der Waals surface area (Å²) in [4.78, 5) is 5.40. The number of fused-ring (bicyclic) bond motifs is 14. The summed E-state index contributed by atoms with van der Waals surface area (Å²) < 4.78 is 0. The van der Waals surface area contributed by atoms with Gasteiger partial charge in [0.2, 0.25) is 0 Å². The molecular weight excluding hydrogens is 1080 g/mol. The number of hydrogen-bond acceptors (Lipinski definition) is 2. The Kier molecular flexibility index (Phi) is 12.1. The summed E-state index contributed by atoms with van der Waals surface area (Å²) in [5, 5.41) is 0. The van der Waals surface area contributed by atoms with Crippen LogP contribution in [0.1, 0.15) is 74.9 Å². The van der Waals surface area contributed by atoms with Crippen LogP contribution in [0.25, 0.3) is 77.9 Å². The van der Waals surface area contributed by atoms with Crippen LogP contribution >= 0.6 is 0 Å². The van der Waals surface area contributed by atoms with Gasteiger partial charge in [-0.3, -0.25) is 0 Å². The van der Waals surface area contributed by atoms with Crippen LogP contribution in [0, 0.1) is 0 Å². The molecule has 90 heavy (non-hydrogen) atoms. The molecule has 0 aromatic heterocycles. The van der Waals surface area contributed by atoms with E-state index >= 15 is 0 Å². The Morgan fingerprint density at radius 3 is 1.09 bits per heavy atom. The highest BCUT2D eigenvalue weighted by atomic mass is 15.2. The number of para-hydroxylation sites is 2. The van der Waals surface area contributed by atoms with Gasteiger partial charge in [0, 0.05) is 45.0 Å². The predicted molar refractivity (Wildman–Crippen MR) is 381 cm³/mol. The monoisotopic (exact) mass is 1150 g/mol. The van der Waals surface area contributed by atoms with Crippen molar-refractivity contribution in [3.05, 3.63) is 331 Å². The van der Waals surface area contributed by atoms with Gasteiger partial charge in [0.25, 0.3) is 6.71 Å². The fourth-order valence-corrected chi connectivity index (χ4v) is 15.9. The molecule has 428 valence electrons. The largest absolute Gasteiger partial charge is 0.310 e. The lowest BCUT2D eigenvalue weighted by atomic mass is 9.33. The Balaban J connectivity index is 1.03. The molecule has 4 aliphatic rings. The van der Waals surface area contributed by atoms with Gasteiger partial charge in [0.15, 0.2) is 0 Å². The van der Waals surface area contributed by atoms with Gasteiger partial charge in [-0.05, 0) is 140 Å². The van der Waals surface area contributed by atoms with Gasteiger partial charge < -0.3 is 9.80 Å². The van der Waals surface area contributed by atoms with Gasteiger partial charge in [-0.15, -0.1) is 0 Å². The molecule has 17 rings (SSSR count). The van der Waals surface area contributed by atoms with Crippen molar-refractivity contribution in [2.24, 2.45) is 0 Å². The summed E-state index contributed by atoms with van der Waals surface area (Å²) in [6.45, 7) is 14.1. The number of benzene rings is 13. The first-order valence-corrected chi connectivity index (χ1v) is 31.9. The zero-order chi connectivity index (χ0) is 60.6. The van der Waals surface area contributed by atoms with Crippen molar-refractivity contribution in [1.82, 2.24) is 0 Å². The highest BCUT2D eigenvalue weighted by Crippen LogP contribution is 2.65. The molecule has 1 spiro atoms. The summed E-state index contributed by atoms with van der Waals surface area (Å²) in [6.07, 6.45) is 0. The first kappa shape index (κ1) is 53.7. The van der Waals surface area contributed by atoms with Crippen LogP contribution in [0.15, 0.2) is 297 Å². The van der Waals surface area contributed by atoms with Crippen molar-refractivity contribution in [2.75, 3.05) is 9.80 Å². The molecule has 2 nitrogen and oxygen atoms in total. The van der Waals surface area contributed by atoms with E-state index in [0.717, 1.165) is 22.5 Å². The average molecular weight is 1150 g/mol. The van der Waals surface area contributed by atoms with Crippen LogP contribution < -0.4 is 26.2 Å². The minimum absolute atomic E-state index is 0.137.